The second-order valence-electron chi connectivity index (χ2n) is 6.02. The summed E-state index contributed by atoms with van der Waals surface area (Å²) in [7, 11) is -3.51. The molecule has 0 atom stereocenters. The van der Waals surface area contributed by atoms with Crippen LogP contribution in [-0.2, 0) is 16.6 Å². The zero-order chi connectivity index (χ0) is 19.4. The molecule has 0 aliphatic carbocycles. The molecule has 1 heterocycles. The molecular weight excluding hydrogens is 375 g/mol. The van der Waals surface area contributed by atoms with Crippen molar-refractivity contribution in [2.45, 2.75) is 6.54 Å². The Hall–Kier alpha value is -2.65. The number of carbonyl (C=O) groups is 1. The Morgan fingerprint density at radius 2 is 1.93 bits per heavy atom. The minimum absolute atomic E-state index is 0.0464. The summed E-state index contributed by atoms with van der Waals surface area (Å²) < 4.78 is 49.5. The van der Waals surface area contributed by atoms with E-state index in [0.717, 1.165) is 11.8 Å². The number of benzene rings is 2. The molecule has 2 aromatic carbocycles. The van der Waals surface area contributed by atoms with E-state index in [0.29, 0.717) is 11.5 Å². The quantitative estimate of drug-likeness (QED) is 0.773. The molecule has 0 bridgehead atoms. The van der Waals surface area contributed by atoms with Crippen LogP contribution in [0.4, 0.5) is 4.39 Å². The molecule has 0 saturated carbocycles. The van der Waals surface area contributed by atoms with Crippen LogP contribution >= 0.6 is 0 Å². The first-order valence-electron chi connectivity index (χ1n) is 8.21. The summed E-state index contributed by atoms with van der Waals surface area (Å²) in [5, 5.41) is 2.54. The minimum atomic E-state index is -3.51. The van der Waals surface area contributed by atoms with Crippen molar-refractivity contribution in [3.63, 3.8) is 0 Å². The van der Waals surface area contributed by atoms with E-state index in [1.54, 1.807) is 24.3 Å². The van der Waals surface area contributed by atoms with Crippen molar-refractivity contribution in [1.82, 2.24) is 9.62 Å². The average Bonchev–Trinajstić information content (AvgIpc) is 3.08. The van der Waals surface area contributed by atoms with E-state index in [1.165, 1.54) is 22.5 Å². The maximum atomic E-state index is 13.6. The summed E-state index contributed by atoms with van der Waals surface area (Å²) in [6, 6.07) is 10.8. The number of hydrogen-bond acceptors (Lipinski definition) is 5. The van der Waals surface area contributed by atoms with E-state index in [-0.39, 0.29) is 32.0 Å². The molecule has 7 nitrogen and oxygen atoms in total. The van der Waals surface area contributed by atoms with Crippen LogP contribution in [0.1, 0.15) is 15.9 Å². The lowest BCUT2D eigenvalue weighted by molar-refractivity contribution is 0.0947. The SMILES string of the molecule is CS(=O)(=O)N(CCNC(=O)c1ccccc1F)Cc1ccc2c(c1)OCO2. The van der Waals surface area contributed by atoms with Gasteiger partial charge in [0.25, 0.3) is 5.91 Å². The molecule has 0 aromatic heterocycles. The smallest absolute Gasteiger partial charge is 0.254 e. The maximum absolute atomic E-state index is 13.6. The van der Waals surface area contributed by atoms with Crippen molar-refractivity contribution in [1.29, 1.82) is 0 Å². The lowest BCUT2D eigenvalue weighted by atomic mass is 10.2. The van der Waals surface area contributed by atoms with Crippen LogP contribution < -0.4 is 14.8 Å². The number of carbonyl (C=O) groups excluding carboxylic acids is 1. The van der Waals surface area contributed by atoms with Gasteiger partial charge in [0, 0.05) is 19.6 Å². The Labute approximate surface area is 156 Å². The van der Waals surface area contributed by atoms with Crippen LogP contribution in [0, 0.1) is 5.82 Å². The van der Waals surface area contributed by atoms with Crippen LogP contribution in [0.5, 0.6) is 11.5 Å². The molecule has 1 amide bonds. The van der Waals surface area contributed by atoms with Crippen LogP contribution in [0.25, 0.3) is 0 Å². The summed E-state index contributed by atoms with van der Waals surface area (Å²) in [5.41, 5.74) is 0.643. The van der Waals surface area contributed by atoms with Gasteiger partial charge in [0.15, 0.2) is 11.5 Å². The van der Waals surface area contributed by atoms with E-state index < -0.39 is 21.7 Å². The molecule has 0 fully saturated rings. The van der Waals surface area contributed by atoms with Gasteiger partial charge in [0.2, 0.25) is 16.8 Å². The second-order valence-corrected chi connectivity index (χ2v) is 8.00. The number of amides is 1. The lowest BCUT2D eigenvalue weighted by Gasteiger charge is -2.20. The third kappa shape index (κ3) is 4.75. The number of nitrogens with one attached hydrogen (secondary N) is 1. The van der Waals surface area contributed by atoms with E-state index in [2.05, 4.69) is 5.32 Å². The highest BCUT2D eigenvalue weighted by atomic mass is 32.2. The van der Waals surface area contributed by atoms with E-state index >= 15 is 0 Å². The second kappa shape index (κ2) is 7.93. The van der Waals surface area contributed by atoms with Gasteiger partial charge in [-0.25, -0.2) is 12.8 Å². The molecule has 0 spiro atoms. The van der Waals surface area contributed by atoms with Gasteiger partial charge in [-0.1, -0.05) is 18.2 Å². The molecule has 144 valence electrons. The van der Waals surface area contributed by atoms with Gasteiger partial charge >= 0.3 is 0 Å². The highest BCUT2D eigenvalue weighted by Crippen LogP contribution is 2.32. The molecule has 0 saturated heterocycles. The molecule has 1 aliphatic heterocycles. The average molecular weight is 394 g/mol. The topological polar surface area (TPSA) is 84.9 Å². The molecular formula is C18H19FN2O5S. The zero-order valence-corrected chi connectivity index (χ0v) is 15.5. The van der Waals surface area contributed by atoms with Gasteiger partial charge < -0.3 is 14.8 Å². The number of fused-ring (bicyclic) bond motifs is 1. The Kier molecular flexibility index (Phi) is 5.62. The fourth-order valence-corrected chi connectivity index (χ4v) is 3.45. The summed E-state index contributed by atoms with van der Waals surface area (Å²) in [5.74, 6) is -0.0458. The fourth-order valence-electron chi connectivity index (χ4n) is 2.64. The third-order valence-electron chi connectivity index (χ3n) is 4.03. The van der Waals surface area contributed by atoms with Gasteiger partial charge in [-0.15, -0.1) is 0 Å². The predicted molar refractivity (Wildman–Crippen MR) is 96.6 cm³/mol. The van der Waals surface area contributed by atoms with E-state index in [4.69, 9.17) is 9.47 Å². The molecule has 2 aromatic rings. The Morgan fingerprint density at radius 1 is 1.19 bits per heavy atom. The van der Waals surface area contributed by atoms with Gasteiger partial charge in [-0.05, 0) is 29.8 Å². The first kappa shape index (κ1) is 19.1. The molecule has 0 unspecified atom stereocenters. The Balaban J connectivity index is 1.62. The van der Waals surface area contributed by atoms with Crippen molar-refractivity contribution in [3.05, 3.63) is 59.4 Å². The monoisotopic (exact) mass is 394 g/mol. The number of hydrogen-bond donors (Lipinski definition) is 1. The van der Waals surface area contributed by atoms with Gasteiger partial charge in [0.1, 0.15) is 5.82 Å². The normalized spacial score (nSPS) is 13.0. The minimum Gasteiger partial charge on any atom is -0.454 e. The first-order valence-corrected chi connectivity index (χ1v) is 10.1. The fraction of sp³-hybridized carbons (Fsp3) is 0.278. The maximum Gasteiger partial charge on any atom is 0.254 e. The third-order valence-corrected chi connectivity index (χ3v) is 5.28. The summed E-state index contributed by atoms with van der Waals surface area (Å²) in [6.07, 6.45) is 1.10. The van der Waals surface area contributed by atoms with Crippen LogP contribution in [0.15, 0.2) is 42.5 Å². The molecule has 27 heavy (non-hydrogen) atoms. The van der Waals surface area contributed by atoms with E-state index in [9.17, 15) is 17.6 Å². The highest BCUT2D eigenvalue weighted by Gasteiger charge is 2.20. The van der Waals surface area contributed by atoms with Crippen molar-refractivity contribution in [3.8, 4) is 11.5 Å². The number of rotatable bonds is 7. The van der Waals surface area contributed by atoms with Gasteiger partial charge in [-0.2, -0.15) is 4.31 Å². The molecule has 9 heteroatoms. The van der Waals surface area contributed by atoms with Crippen molar-refractivity contribution < 1.29 is 27.1 Å². The molecule has 0 radical (unpaired) electrons. The van der Waals surface area contributed by atoms with Crippen molar-refractivity contribution in [2.24, 2.45) is 0 Å². The number of halogens is 1. The Morgan fingerprint density at radius 3 is 2.67 bits per heavy atom. The van der Waals surface area contributed by atoms with Crippen LogP contribution in [0.3, 0.4) is 0 Å². The first-order chi connectivity index (χ1) is 12.8. The van der Waals surface area contributed by atoms with Gasteiger partial charge in [-0.3, -0.25) is 4.79 Å². The largest absolute Gasteiger partial charge is 0.454 e. The standard InChI is InChI=1S/C18H19FN2O5S/c1-27(23,24)21(11-13-6-7-16-17(10-13)26-12-25-16)9-8-20-18(22)14-4-2-3-5-15(14)19/h2-7,10H,8-9,11-12H2,1H3,(H,20,22). The molecule has 1 N–H and O–H groups in total. The predicted octanol–water partition coefficient (Wildman–Crippen LogP) is 1.75. The Bertz CT molecular complexity index is 949. The van der Waals surface area contributed by atoms with E-state index in [1.807, 2.05) is 0 Å². The van der Waals surface area contributed by atoms with Crippen LogP contribution in [-0.4, -0.2) is 44.8 Å². The molecule has 1 aliphatic rings. The van der Waals surface area contributed by atoms with Gasteiger partial charge in [0.05, 0.1) is 11.8 Å². The lowest BCUT2D eigenvalue weighted by Crippen LogP contribution is -2.37. The van der Waals surface area contributed by atoms with Crippen molar-refractivity contribution in [2.75, 3.05) is 26.1 Å². The molecule has 3 rings (SSSR count). The number of sulfonamides is 1. The number of nitrogens with zero attached hydrogens (tertiary/aromatic N) is 1. The highest BCUT2D eigenvalue weighted by molar-refractivity contribution is 7.88. The number of ether oxygens (including phenoxy) is 2. The van der Waals surface area contributed by atoms with Crippen LogP contribution in [0.2, 0.25) is 0 Å². The summed E-state index contributed by atoms with van der Waals surface area (Å²) >= 11 is 0. The summed E-state index contributed by atoms with van der Waals surface area (Å²) in [6.45, 7) is 0.347. The summed E-state index contributed by atoms with van der Waals surface area (Å²) in [4.78, 5) is 12.0. The van der Waals surface area contributed by atoms with Crippen molar-refractivity contribution >= 4 is 15.9 Å². The zero-order valence-electron chi connectivity index (χ0n) is 14.6.